The monoisotopic (exact) mass is 252 g/mol. The second kappa shape index (κ2) is 4.63. The van der Waals surface area contributed by atoms with Gasteiger partial charge in [0.25, 0.3) is 0 Å². The normalized spacial score (nSPS) is 10.5. The summed E-state index contributed by atoms with van der Waals surface area (Å²) in [6, 6.07) is 3.65. The second-order valence-corrected chi connectivity index (χ2v) is 4.45. The van der Waals surface area contributed by atoms with Crippen molar-refractivity contribution >= 4 is 27.4 Å². The Morgan fingerprint density at radius 1 is 1.35 bits per heavy atom. The maximum Gasteiger partial charge on any atom is 0.307 e. The van der Waals surface area contributed by atoms with Gasteiger partial charge in [0.1, 0.15) is 11.5 Å². The summed E-state index contributed by atoms with van der Waals surface area (Å²) in [5.74, 6) is 0.512. The van der Waals surface area contributed by atoms with Gasteiger partial charge < -0.3 is 14.6 Å². The lowest BCUT2D eigenvalue weighted by atomic mass is 10.1. The summed E-state index contributed by atoms with van der Waals surface area (Å²) in [5.41, 5.74) is 0.775. The minimum absolute atomic E-state index is 0.00267. The molecular formula is C12H12O4S. The highest BCUT2D eigenvalue weighted by Crippen LogP contribution is 2.37. The molecule has 1 heterocycles. The van der Waals surface area contributed by atoms with Crippen LogP contribution in [0.4, 0.5) is 0 Å². The van der Waals surface area contributed by atoms with Crippen LogP contribution in [-0.4, -0.2) is 25.3 Å². The Balaban J connectivity index is 2.61. The van der Waals surface area contributed by atoms with E-state index >= 15 is 0 Å². The molecule has 0 unspecified atom stereocenters. The van der Waals surface area contributed by atoms with Crippen molar-refractivity contribution in [1.29, 1.82) is 0 Å². The van der Waals surface area contributed by atoms with Gasteiger partial charge >= 0.3 is 5.97 Å². The highest BCUT2D eigenvalue weighted by Gasteiger charge is 2.14. The summed E-state index contributed by atoms with van der Waals surface area (Å²) in [7, 11) is 3.16. The molecule has 2 rings (SSSR count). The van der Waals surface area contributed by atoms with Crippen LogP contribution in [0.5, 0.6) is 11.5 Å². The molecule has 0 radical (unpaired) electrons. The molecular weight excluding hydrogens is 240 g/mol. The zero-order valence-corrected chi connectivity index (χ0v) is 10.3. The predicted molar refractivity (Wildman–Crippen MR) is 66.3 cm³/mol. The van der Waals surface area contributed by atoms with Gasteiger partial charge in [-0.2, -0.15) is 0 Å². The van der Waals surface area contributed by atoms with Gasteiger partial charge in [-0.3, -0.25) is 4.79 Å². The van der Waals surface area contributed by atoms with Crippen molar-refractivity contribution in [3.8, 4) is 11.5 Å². The van der Waals surface area contributed by atoms with Gasteiger partial charge in [0.2, 0.25) is 0 Å². The van der Waals surface area contributed by atoms with Gasteiger partial charge in [0.05, 0.1) is 20.6 Å². The molecule has 0 aliphatic heterocycles. The number of thiophene rings is 1. The van der Waals surface area contributed by atoms with Crippen molar-refractivity contribution in [3.63, 3.8) is 0 Å². The molecule has 0 aliphatic rings. The molecule has 1 aromatic heterocycles. The van der Waals surface area contributed by atoms with Crippen LogP contribution in [0.25, 0.3) is 10.1 Å². The zero-order valence-electron chi connectivity index (χ0n) is 9.52. The van der Waals surface area contributed by atoms with Crippen LogP contribution in [0.3, 0.4) is 0 Å². The first-order valence-corrected chi connectivity index (χ1v) is 5.87. The average molecular weight is 252 g/mol. The van der Waals surface area contributed by atoms with Crippen LogP contribution >= 0.6 is 11.3 Å². The first-order valence-electron chi connectivity index (χ1n) is 4.99. The molecule has 1 N–H and O–H groups in total. The lowest BCUT2D eigenvalue weighted by molar-refractivity contribution is -0.136. The highest BCUT2D eigenvalue weighted by atomic mass is 32.1. The lowest BCUT2D eigenvalue weighted by Gasteiger charge is -2.07. The third kappa shape index (κ3) is 2.19. The molecule has 0 fully saturated rings. The minimum atomic E-state index is -0.845. The number of carboxylic acids is 1. The fourth-order valence-corrected chi connectivity index (χ4v) is 2.74. The second-order valence-electron chi connectivity index (χ2n) is 3.53. The Bertz CT molecular complexity index is 559. The number of ether oxygens (including phenoxy) is 2. The molecule has 0 aliphatic carbocycles. The van der Waals surface area contributed by atoms with Gasteiger partial charge in [-0.1, -0.05) is 0 Å². The van der Waals surface area contributed by atoms with Crippen LogP contribution in [0.2, 0.25) is 0 Å². The Morgan fingerprint density at radius 2 is 2.12 bits per heavy atom. The van der Waals surface area contributed by atoms with E-state index in [2.05, 4.69) is 0 Å². The highest BCUT2D eigenvalue weighted by molar-refractivity contribution is 7.17. The number of hydrogen-bond donors (Lipinski definition) is 1. The van der Waals surface area contributed by atoms with E-state index in [0.717, 1.165) is 15.6 Å². The van der Waals surface area contributed by atoms with Gasteiger partial charge in [-0.05, 0) is 17.0 Å². The molecule has 0 saturated heterocycles. The number of carboxylic acid groups (broad SMARTS) is 1. The van der Waals surface area contributed by atoms with E-state index < -0.39 is 5.97 Å². The summed E-state index contributed by atoms with van der Waals surface area (Å²) in [5, 5.41) is 11.6. The Morgan fingerprint density at radius 3 is 2.71 bits per heavy atom. The van der Waals surface area contributed by atoms with Crippen molar-refractivity contribution in [2.24, 2.45) is 0 Å². The van der Waals surface area contributed by atoms with Gasteiger partial charge in [0.15, 0.2) is 0 Å². The first-order chi connectivity index (χ1) is 8.15. The minimum Gasteiger partial charge on any atom is -0.497 e. The van der Waals surface area contributed by atoms with E-state index in [0.29, 0.717) is 11.5 Å². The summed E-state index contributed by atoms with van der Waals surface area (Å²) in [4.78, 5) is 10.8. The molecule has 0 bridgehead atoms. The van der Waals surface area contributed by atoms with Crippen molar-refractivity contribution in [2.75, 3.05) is 14.2 Å². The number of methoxy groups -OCH3 is 2. The Hall–Kier alpha value is -1.75. The third-order valence-corrected chi connectivity index (χ3v) is 3.46. The maximum atomic E-state index is 10.8. The fraction of sp³-hybridized carbons (Fsp3) is 0.250. The SMILES string of the molecule is COc1cc(OC)c2c(CC(=O)O)csc2c1. The van der Waals surface area contributed by atoms with Gasteiger partial charge in [-0.15, -0.1) is 11.3 Å². The number of fused-ring (bicyclic) bond motifs is 1. The smallest absolute Gasteiger partial charge is 0.307 e. The van der Waals surface area contributed by atoms with E-state index in [-0.39, 0.29) is 6.42 Å². The van der Waals surface area contributed by atoms with Crippen LogP contribution in [0.15, 0.2) is 17.5 Å². The molecule has 1 aromatic carbocycles. The van der Waals surface area contributed by atoms with Crippen molar-refractivity contribution in [1.82, 2.24) is 0 Å². The molecule has 0 saturated carbocycles. The fourth-order valence-electron chi connectivity index (χ4n) is 1.74. The number of rotatable bonds is 4. The van der Waals surface area contributed by atoms with Crippen LogP contribution < -0.4 is 9.47 Å². The van der Waals surface area contributed by atoms with E-state index in [9.17, 15) is 4.79 Å². The maximum absolute atomic E-state index is 10.8. The summed E-state index contributed by atoms with van der Waals surface area (Å²) in [6.45, 7) is 0. The molecule has 0 amide bonds. The van der Waals surface area contributed by atoms with E-state index in [4.69, 9.17) is 14.6 Å². The van der Waals surface area contributed by atoms with E-state index in [1.165, 1.54) is 11.3 Å². The molecule has 0 atom stereocenters. The van der Waals surface area contributed by atoms with Crippen molar-refractivity contribution in [3.05, 3.63) is 23.1 Å². The molecule has 17 heavy (non-hydrogen) atoms. The van der Waals surface area contributed by atoms with E-state index in [1.807, 2.05) is 11.4 Å². The number of benzene rings is 1. The zero-order chi connectivity index (χ0) is 12.4. The summed E-state index contributed by atoms with van der Waals surface area (Å²) < 4.78 is 11.4. The summed E-state index contributed by atoms with van der Waals surface area (Å²) in [6.07, 6.45) is 0.00267. The molecule has 90 valence electrons. The molecule has 2 aromatic rings. The molecule has 0 spiro atoms. The third-order valence-electron chi connectivity index (χ3n) is 2.49. The average Bonchev–Trinajstić information content (AvgIpc) is 2.70. The predicted octanol–water partition coefficient (Wildman–Crippen LogP) is 2.55. The lowest BCUT2D eigenvalue weighted by Crippen LogP contribution is -1.99. The summed E-state index contributed by atoms with van der Waals surface area (Å²) >= 11 is 1.49. The number of aliphatic carboxylic acids is 1. The standard InChI is InChI=1S/C12H12O4S/c1-15-8-4-9(16-2)12-7(3-11(13)14)6-17-10(12)5-8/h4-6H,3H2,1-2H3,(H,13,14). The van der Waals surface area contributed by atoms with Crippen LogP contribution in [-0.2, 0) is 11.2 Å². The number of hydrogen-bond acceptors (Lipinski definition) is 4. The largest absolute Gasteiger partial charge is 0.497 e. The van der Waals surface area contributed by atoms with Gasteiger partial charge in [-0.25, -0.2) is 0 Å². The van der Waals surface area contributed by atoms with E-state index in [1.54, 1.807) is 20.3 Å². The topological polar surface area (TPSA) is 55.8 Å². The van der Waals surface area contributed by atoms with Crippen molar-refractivity contribution < 1.29 is 19.4 Å². The molecule has 4 nitrogen and oxygen atoms in total. The van der Waals surface area contributed by atoms with Gasteiger partial charge in [0, 0.05) is 16.2 Å². The molecule has 5 heteroatoms. The Kier molecular flexibility index (Phi) is 3.19. The van der Waals surface area contributed by atoms with Crippen LogP contribution in [0.1, 0.15) is 5.56 Å². The van der Waals surface area contributed by atoms with Crippen molar-refractivity contribution in [2.45, 2.75) is 6.42 Å². The first kappa shape index (κ1) is 11.7. The Labute approximate surface area is 102 Å². The quantitative estimate of drug-likeness (QED) is 0.908. The van der Waals surface area contributed by atoms with Crippen LogP contribution in [0, 0.1) is 0 Å². The number of carbonyl (C=O) groups is 1.